The molecule has 92 valence electrons. The molecule has 0 aliphatic carbocycles. The first-order chi connectivity index (χ1) is 8.00. The van der Waals surface area contributed by atoms with Crippen LogP contribution in [0.1, 0.15) is 13.8 Å². The molecule has 0 radical (unpaired) electrons. The van der Waals surface area contributed by atoms with E-state index in [0.717, 1.165) is 5.57 Å². The summed E-state index contributed by atoms with van der Waals surface area (Å²) in [6.07, 6.45) is -0.744. The van der Waals surface area contributed by atoms with Gasteiger partial charge in [0.2, 0.25) is 0 Å². The average Bonchev–Trinajstić information content (AvgIpc) is 2.28. The number of hydrogen-bond acceptors (Lipinski definition) is 2. The molecule has 1 atom stereocenters. The molecule has 0 aromatic heterocycles. The lowest BCUT2D eigenvalue weighted by Crippen LogP contribution is -2.37. The minimum absolute atomic E-state index is 0.0745. The van der Waals surface area contributed by atoms with E-state index in [1.54, 1.807) is 19.1 Å². The van der Waals surface area contributed by atoms with Gasteiger partial charge in [0, 0.05) is 6.54 Å². The Kier molecular flexibility index (Phi) is 4.69. The Morgan fingerprint density at radius 2 is 2.18 bits per heavy atom. The van der Waals surface area contributed by atoms with Crippen molar-refractivity contribution in [3.05, 3.63) is 42.2 Å². The number of para-hydroxylation sites is 1. The third-order valence-corrected chi connectivity index (χ3v) is 2.07. The Morgan fingerprint density at radius 3 is 2.76 bits per heavy atom. The minimum atomic E-state index is -0.744. The van der Waals surface area contributed by atoms with Crippen molar-refractivity contribution in [3.8, 4) is 5.75 Å². The third kappa shape index (κ3) is 4.26. The van der Waals surface area contributed by atoms with Crippen LogP contribution in [0.25, 0.3) is 0 Å². The third-order valence-electron chi connectivity index (χ3n) is 2.07. The van der Waals surface area contributed by atoms with Crippen molar-refractivity contribution in [1.82, 2.24) is 5.32 Å². The lowest BCUT2D eigenvalue weighted by molar-refractivity contribution is -0.127. The maximum absolute atomic E-state index is 13.3. The number of ether oxygens (including phenoxy) is 1. The van der Waals surface area contributed by atoms with Gasteiger partial charge in [-0.25, -0.2) is 4.39 Å². The quantitative estimate of drug-likeness (QED) is 0.798. The van der Waals surface area contributed by atoms with E-state index in [4.69, 9.17) is 4.74 Å². The van der Waals surface area contributed by atoms with E-state index in [1.165, 1.54) is 12.1 Å². The monoisotopic (exact) mass is 237 g/mol. The van der Waals surface area contributed by atoms with Crippen LogP contribution < -0.4 is 10.1 Å². The van der Waals surface area contributed by atoms with Crippen molar-refractivity contribution < 1.29 is 13.9 Å². The number of carbonyl (C=O) groups excluding carboxylic acids is 1. The van der Waals surface area contributed by atoms with Crippen molar-refractivity contribution in [3.63, 3.8) is 0 Å². The van der Waals surface area contributed by atoms with Gasteiger partial charge in [0.15, 0.2) is 17.7 Å². The highest BCUT2D eigenvalue weighted by molar-refractivity contribution is 5.80. The molecular weight excluding hydrogens is 221 g/mol. The molecule has 0 fully saturated rings. The van der Waals surface area contributed by atoms with Crippen LogP contribution in [0.15, 0.2) is 36.4 Å². The van der Waals surface area contributed by atoms with E-state index in [-0.39, 0.29) is 11.7 Å². The Balaban J connectivity index is 2.54. The SMILES string of the molecule is C=C(C)CNC(=O)C(C)Oc1ccccc1F. The summed E-state index contributed by atoms with van der Waals surface area (Å²) in [5.41, 5.74) is 0.844. The van der Waals surface area contributed by atoms with Gasteiger partial charge in [-0.15, -0.1) is 0 Å². The highest BCUT2D eigenvalue weighted by Crippen LogP contribution is 2.16. The van der Waals surface area contributed by atoms with Crippen molar-refractivity contribution in [2.24, 2.45) is 0 Å². The zero-order valence-corrected chi connectivity index (χ0v) is 10.00. The van der Waals surface area contributed by atoms with Crippen LogP contribution >= 0.6 is 0 Å². The molecule has 1 rings (SSSR count). The van der Waals surface area contributed by atoms with Gasteiger partial charge in [-0.3, -0.25) is 4.79 Å². The van der Waals surface area contributed by atoms with Crippen LogP contribution in [0.3, 0.4) is 0 Å². The Labute approximate surface area is 100 Å². The van der Waals surface area contributed by atoms with E-state index in [2.05, 4.69) is 11.9 Å². The molecular formula is C13H16FNO2. The second-order valence-corrected chi connectivity index (χ2v) is 3.87. The highest BCUT2D eigenvalue weighted by Gasteiger charge is 2.15. The number of halogens is 1. The van der Waals surface area contributed by atoms with Gasteiger partial charge in [0.25, 0.3) is 5.91 Å². The number of hydrogen-bond donors (Lipinski definition) is 1. The summed E-state index contributed by atoms with van der Waals surface area (Å²) in [4.78, 5) is 11.6. The van der Waals surface area contributed by atoms with E-state index < -0.39 is 11.9 Å². The summed E-state index contributed by atoms with van der Waals surface area (Å²) in [5, 5.41) is 2.64. The first-order valence-corrected chi connectivity index (χ1v) is 5.34. The molecule has 0 aliphatic rings. The van der Waals surface area contributed by atoms with Crippen LogP contribution in [0, 0.1) is 5.82 Å². The van der Waals surface area contributed by atoms with Crippen LogP contribution in [-0.2, 0) is 4.79 Å². The molecule has 1 unspecified atom stereocenters. The zero-order chi connectivity index (χ0) is 12.8. The predicted octanol–water partition coefficient (Wildman–Crippen LogP) is 2.29. The first-order valence-electron chi connectivity index (χ1n) is 5.34. The maximum Gasteiger partial charge on any atom is 0.261 e. The summed E-state index contributed by atoms with van der Waals surface area (Å²) in [6, 6.07) is 5.98. The van der Waals surface area contributed by atoms with Crippen molar-refractivity contribution in [2.75, 3.05) is 6.54 Å². The Hall–Kier alpha value is -1.84. The standard InChI is InChI=1S/C13H16FNO2/c1-9(2)8-15-13(16)10(3)17-12-7-5-4-6-11(12)14/h4-7,10H,1,8H2,2-3H3,(H,15,16). The molecule has 1 N–H and O–H groups in total. The largest absolute Gasteiger partial charge is 0.478 e. The van der Waals surface area contributed by atoms with Crippen molar-refractivity contribution >= 4 is 5.91 Å². The second kappa shape index (κ2) is 6.03. The summed E-state index contributed by atoms with van der Waals surface area (Å²) in [6.45, 7) is 7.44. The van der Waals surface area contributed by atoms with Crippen LogP contribution in [-0.4, -0.2) is 18.6 Å². The van der Waals surface area contributed by atoms with E-state index >= 15 is 0 Å². The number of carbonyl (C=O) groups is 1. The first kappa shape index (κ1) is 13.2. The summed E-state index contributed by atoms with van der Waals surface area (Å²) >= 11 is 0. The lowest BCUT2D eigenvalue weighted by atomic mass is 10.3. The molecule has 0 saturated heterocycles. The maximum atomic E-state index is 13.3. The molecule has 0 aliphatic heterocycles. The number of rotatable bonds is 5. The van der Waals surface area contributed by atoms with Gasteiger partial charge in [0.1, 0.15) is 0 Å². The predicted molar refractivity (Wildman–Crippen MR) is 64.3 cm³/mol. The van der Waals surface area contributed by atoms with Gasteiger partial charge in [-0.2, -0.15) is 0 Å². The molecule has 0 heterocycles. The van der Waals surface area contributed by atoms with Crippen molar-refractivity contribution in [1.29, 1.82) is 0 Å². The average molecular weight is 237 g/mol. The van der Waals surface area contributed by atoms with Gasteiger partial charge < -0.3 is 10.1 Å². The molecule has 0 bridgehead atoms. The number of benzene rings is 1. The minimum Gasteiger partial charge on any atom is -0.478 e. The second-order valence-electron chi connectivity index (χ2n) is 3.87. The fourth-order valence-corrected chi connectivity index (χ4v) is 1.17. The topological polar surface area (TPSA) is 38.3 Å². The summed E-state index contributed by atoms with van der Waals surface area (Å²) in [7, 11) is 0. The fraction of sp³-hybridized carbons (Fsp3) is 0.308. The molecule has 1 amide bonds. The molecule has 0 saturated carbocycles. The van der Waals surface area contributed by atoms with Crippen molar-refractivity contribution in [2.45, 2.75) is 20.0 Å². The smallest absolute Gasteiger partial charge is 0.261 e. The van der Waals surface area contributed by atoms with E-state index in [0.29, 0.717) is 6.54 Å². The highest BCUT2D eigenvalue weighted by atomic mass is 19.1. The molecule has 17 heavy (non-hydrogen) atoms. The fourth-order valence-electron chi connectivity index (χ4n) is 1.17. The Bertz CT molecular complexity index is 418. The molecule has 1 aromatic rings. The summed E-state index contributed by atoms with van der Waals surface area (Å²) < 4.78 is 18.5. The van der Waals surface area contributed by atoms with Crippen LogP contribution in [0.2, 0.25) is 0 Å². The number of nitrogens with one attached hydrogen (secondary N) is 1. The zero-order valence-electron chi connectivity index (χ0n) is 10.00. The molecule has 0 spiro atoms. The van der Waals surface area contributed by atoms with E-state index in [1.807, 2.05) is 6.92 Å². The lowest BCUT2D eigenvalue weighted by Gasteiger charge is -2.15. The van der Waals surface area contributed by atoms with Crippen LogP contribution in [0.4, 0.5) is 4.39 Å². The van der Waals surface area contributed by atoms with Gasteiger partial charge in [0.05, 0.1) is 0 Å². The molecule has 4 heteroatoms. The van der Waals surface area contributed by atoms with E-state index in [9.17, 15) is 9.18 Å². The van der Waals surface area contributed by atoms with Crippen LogP contribution in [0.5, 0.6) is 5.75 Å². The molecule has 3 nitrogen and oxygen atoms in total. The van der Waals surface area contributed by atoms with Gasteiger partial charge in [-0.1, -0.05) is 24.3 Å². The van der Waals surface area contributed by atoms with Gasteiger partial charge in [-0.05, 0) is 26.0 Å². The van der Waals surface area contributed by atoms with Gasteiger partial charge >= 0.3 is 0 Å². The Morgan fingerprint density at radius 1 is 1.53 bits per heavy atom. The normalized spacial score (nSPS) is 11.7. The summed E-state index contributed by atoms with van der Waals surface area (Å²) in [5.74, 6) is -0.700. The number of amides is 1. The molecule has 1 aromatic carbocycles.